The van der Waals surface area contributed by atoms with Crippen LogP contribution in [0, 0.1) is 0 Å². The predicted octanol–water partition coefficient (Wildman–Crippen LogP) is 11.1. The highest BCUT2D eigenvalue weighted by Gasteiger charge is 2.20. The van der Waals surface area contributed by atoms with Crippen molar-refractivity contribution < 1.29 is 4.42 Å². The summed E-state index contributed by atoms with van der Waals surface area (Å²) in [6, 6.07) is 46.2. The maximum absolute atomic E-state index is 6.34. The lowest BCUT2D eigenvalue weighted by Gasteiger charge is -2.19. The average molecular weight is 555 g/mol. The van der Waals surface area contributed by atoms with Crippen LogP contribution < -0.4 is 0 Å². The van der Waals surface area contributed by atoms with Gasteiger partial charge >= 0.3 is 0 Å². The molecule has 0 spiro atoms. The van der Waals surface area contributed by atoms with Crippen LogP contribution in [0.4, 0.5) is 0 Å². The van der Waals surface area contributed by atoms with Gasteiger partial charge in [-0.3, -0.25) is 0 Å². The first-order valence-corrected chi connectivity index (χ1v) is 14.9. The standard InChI is InChI=1S/C40H30N2O/c1-40(2,3)25-16-21-36-31(22-25)32-24-39-33(30-12-6-9-15-38(30)43-39)23-37(32)42(36)27-19-17-26(18-20-27)41-34-13-7-4-10-28(34)29-11-5-8-14-35(29)41/h4-24H,1-3H3. The van der Waals surface area contributed by atoms with E-state index >= 15 is 0 Å². The fourth-order valence-corrected chi connectivity index (χ4v) is 6.93. The van der Waals surface area contributed by atoms with Crippen molar-refractivity contribution in [3.8, 4) is 11.4 Å². The molecule has 0 unspecified atom stereocenters. The Morgan fingerprint density at radius 3 is 1.60 bits per heavy atom. The van der Waals surface area contributed by atoms with Crippen molar-refractivity contribution in [2.45, 2.75) is 26.2 Å². The van der Waals surface area contributed by atoms with E-state index in [0.29, 0.717) is 0 Å². The Morgan fingerprint density at radius 1 is 0.419 bits per heavy atom. The summed E-state index contributed by atoms with van der Waals surface area (Å²) < 4.78 is 11.1. The Bertz CT molecular complexity index is 2480. The number of benzene rings is 6. The average Bonchev–Trinajstić information content (AvgIpc) is 3.67. The first-order chi connectivity index (χ1) is 21.0. The molecule has 9 aromatic rings. The second kappa shape index (κ2) is 8.62. The van der Waals surface area contributed by atoms with Crippen molar-refractivity contribution in [1.29, 1.82) is 0 Å². The summed E-state index contributed by atoms with van der Waals surface area (Å²) in [5.41, 5.74) is 10.3. The summed E-state index contributed by atoms with van der Waals surface area (Å²) in [6.07, 6.45) is 0. The molecule has 206 valence electrons. The number of fused-ring (bicyclic) bond motifs is 9. The maximum Gasteiger partial charge on any atom is 0.136 e. The molecule has 0 atom stereocenters. The highest BCUT2D eigenvalue weighted by atomic mass is 16.3. The van der Waals surface area contributed by atoms with Gasteiger partial charge in [-0.1, -0.05) is 81.4 Å². The van der Waals surface area contributed by atoms with E-state index in [1.54, 1.807) is 0 Å². The monoisotopic (exact) mass is 554 g/mol. The Kier molecular flexibility index (Phi) is 4.88. The van der Waals surface area contributed by atoms with Gasteiger partial charge < -0.3 is 13.6 Å². The van der Waals surface area contributed by atoms with E-state index < -0.39 is 0 Å². The molecule has 6 aromatic carbocycles. The number of aromatic nitrogens is 2. The first kappa shape index (κ1) is 24.3. The zero-order valence-corrected chi connectivity index (χ0v) is 24.4. The predicted molar refractivity (Wildman–Crippen MR) is 181 cm³/mol. The molecule has 3 heteroatoms. The van der Waals surface area contributed by atoms with Gasteiger partial charge in [0.2, 0.25) is 0 Å². The number of para-hydroxylation sites is 3. The van der Waals surface area contributed by atoms with Crippen LogP contribution in [0.15, 0.2) is 132 Å². The van der Waals surface area contributed by atoms with Crippen LogP contribution in [0.3, 0.4) is 0 Å². The van der Waals surface area contributed by atoms with Crippen LogP contribution in [0.1, 0.15) is 26.3 Å². The molecule has 0 saturated carbocycles. The van der Waals surface area contributed by atoms with E-state index in [1.165, 1.54) is 49.2 Å². The minimum atomic E-state index is 0.0516. The van der Waals surface area contributed by atoms with Crippen LogP contribution >= 0.6 is 0 Å². The number of rotatable bonds is 2. The largest absolute Gasteiger partial charge is 0.456 e. The highest BCUT2D eigenvalue weighted by Crippen LogP contribution is 2.40. The van der Waals surface area contributed by atoms with E-state index in [1.807, 2.05) is 6.07 Å². The summed E-state index contributed by atoms with van der Waals surface area (Å²) in [5.74, 6) is 0. The Morgan fingerprint density at radius 2 is 0.953 bits per heavy atom. The highest BCUT2D eigenvalue weighted by molar-refractivity contribution is 6.17. The minimum Gasteiger partial charge on any atom is -0.456 e. The van der Waals surface area contributed by atoms with Gasteiger partial charge in [0.05, 0.1) is 22.1 Å². The number of nitrogens with zero attached hydrogens (tertiary/aromatic N) is 2. The van der Waals surface area contributed by atoms with E-state index in [9.17, 15) is 0 Å². The van der Waals surface area contributed by atoms with Crippen molar-refractivity contribution in [1.82, 2.24) is 9.13 Å². The van der Waals surface area contributed by atoms with Crippen molar-refractivity contribution >= 4 is 65.6 Å². The summed E-state index contributed by atoms with van der Waals surface area (Å²) in [5, 5.41) is 7.29. The molecular formula is C40H30N2O. The zero-order valence-electron chi connectivity index (χ0n) is 24.4. The van der Waals surface area contributed by atoms with Gasteiger partial charge in [-0.15, -0.1) is 0 Å². The lowest BCUT2D eigenvalue weighted by molar-refractivity contribution is 0.591. The van der Waals surface area contributed by atoms with Crippen molar-refractivity contribution in [3.63, 3.8) is 0 Å². The van der Waals surface area contributed by atoms with Crippen LogP contribution in [0.5, 0.6) is 0 Å². The van der Waals surface area contributed by atoms with E-state index in [4.69, 9.17) is 4.42 Å². The topological polar surface area (TPSA) is 23.0 Å². The molecule has 0 fully saturated rings. The molecule has 3 heterocycles. The zero-order chi connectivity index (χ0) is 28.9. The minimum absolute atomic E-state index is 0.0516. The van der Waals surface area contributed by atoms with Crippen LogP contribution in [0.2, 0.25) is 0 Å². The lowest BCUT2D eigenvalue weighted by Crippen LogP contribution is -2.10. The second-order valence-corrected chi connectivity index (χ2v) is 12.7. The molecular weight excluding hydrogens is 524 g/mol. The van der Waals surface area contributed by atoms with E-state index in [-0.39, 0.29) is 5.41 Å². The van der Waals surface area contributed by atoms with Gasteiger partial charge in [0.25, 0.3) is 0 Å². The van der Waals surface area contributed by atoms with Gasteiger partial charge in [0.15, 0.2) is 0 Å². The molecule has 0 aliphatic carbocycles. The van der Waals surface area contributed by atoms with Gasteiger partial charge in [-0.25, -0.2) is 0 Å². The van der Waals surface area contributed by atoms with Gasteiger partial charge in [0, 0.05) is 43.7 Å². The SMILES string of the molecule is CC(C)(C)c1ccc2c(c1)c1cc3oc4ccccc4c3cc1n2-c1ccc(-n2c3ccccc3c3ccccc32)cc1. The molecule has 9 rings (SSSR count). The molecule has 0 bridgehead atoms. The van der Waals surface area contributed by atoms with Crippen molar-refractivity contribution in [2.75, 3.05) is 0 Å². The maximum atomic E-state index is 6.34. The van der Waals surface area contributed by atoms with Crippen molar-refractivity contribution in [2.24, 2.45) is 0 Å². The van der Waals surface area contributed by atoms with Crippen LogP contribution in [-0.2, 0) is 5.41 Å². The second-order valence-electron chi connectivity index (χ2n) is 12.7. The number of furan rings is 1. The normalized spacial score (nSPS) is 12.5. The molecule has 3 nitrogen and oxygen atoms in total. The van der Waals surface area contributed by atoms with Crippen LogP contribution in [0.25, 0.3) is 76.9 Å². The van der Waals surface area contributed by atoms with Gasteiger partial charge in [0.1, 0.15) is 11.2 Å². The lowest BCUT2D eigenvalue weighted by atomic mass is 9.86. The quantitative estimate of drug-likeness (QED) is 0.208. The number of hydrogen-bond donors (Lipinski definition) is 0. The third kappa shape index (κ3) is 3.48. The van der Waals surface area contributed by atoms with Crippen molar-refractivity contribution in [3.05, 3.63) is 133 Å². The molecule has 0 N–H and O–H groups in total. The molecule has 0 aliphatic heterocycles. The Labute approximate surface area is 249 Å². The smallest absolute Gasteiger partial charge is 0.136 e. The Balaban J connectivity index is 1.31. The van der Waals surface area contributed by atoms with E-state index in [2.05, 4.69) is 151 Å². The third-order valence-electron chi connectivity index (χ3n) is 9.08. The summed E-state index contributed by atoms with van der Waals surface area (Å²) in [4.78, 5) is 0. The molecule has 0 amide bonds. The first-order valence-electron chi connectivity index (χ1n) is 14.9. The molecule has 0 saturated heterocycles. The summed E-state index contributed by atoms with van der Waals surface area (Å²) in [7, 11) is 0. The molecule has 0 aliphatic rings. The fraction of sp³-hybridized carbons (Fsp3) is 0.100. The summed E-state index contributed by atoms with van der Waals surface area (Å²) in [6.45, 7) is 6.83. The third-order valence-corrected chi connectivity index (χ3v) is 9.08. The molecule has 43 heavy (non-hydrogen) atoms. The van der Waals surface area contributed by atoms with Gasteiger partial charge in [-0.05, 0) is 77.7 Å². The Hall–Kier alpha value is -5.28. The fourth-order valence-electron chi connectivity index (χ4n) is 6.93. The molecule has 3 aromatic heterocycles. The van der Waals surface area contributed by atoms with E-state index in [0.717, 1.165) is 33.3 Å². The molecule has 0 radical (unpaired) electrons. The number of hydrogen-bond acceptors (Lipinski definition) is 1. The summed E-state index contributed by atoms with van der Waals surface area (Å²) >= 11 is 0. The van der Waals surface area contributed by atoms with Crippen LogP contribution in [-0.4, -0.2) is 9.13 Å². The van der Waals surface area contributed by atoms with Gasteiger partial charge in [-0.2, -0.15) is 0 Å².